The van der Waals surface area contributed by atoms with Crippen LogP contribution >= 0.6 is 0 Å². The van der Waals surface area contributed by atoms with Crippen LogP contribution in [0.15, 0.2) is 45.3 Å². The maximum atomic E-state index is 2.57. The molecule has 0 fully saturated rings. The normalized spacial score (nSPS) is 17.3. The van der Waals surface area contributed by atoms with Gasteiger partial charge in [0.05, 0.1) is 0 Å². The van der Waals surface area contributed by atoms with Crippen LogP contribution in [-0.4, -0.2) is 0 Å². The fraction of sp³-hybridized carbons (Fsp3) is 0.407. The van der Waals surface area contributed by atoms with Crippen molar-refractivity contribution in [2.45, 2.75) is 59.0 Å². The molecule has 158 valence electrons. The summed E-state index contributed by atoms with van der Waals surface area (Å²) in [4.78, 5) is 0. The molecule has 0 N–H and O–H groups in total. The maximum absolute atomic E-state index is 2.57. The van der Waals surface area contributed by atoms with Crippen molar-refractivity contribution < 1.29 is 48.0 Å². The Bertz CT molecular complexity index is 980. The average Bonchev–Trinajstić information content (AvgIpc) is 3.09. The zero-order valence-corrected chi connectivity index (χ0v) is 23.3. The quantitative estimate of drug-likeness (QED) is 0.567. The van der Waals surface area contributed by atoms with Gasteiger partial charge in [0, 0.05) is 0 Å². The van der Waals surface area contributed by atoms with Crippen molar-refractivity contribution in [2.75, 3.05) is 0 Å². The summed E-state index contributed by atoms with van der Waals surface area (Å²) < 4.78 is 2.40. The number of aryl methyl sites for hydroxylation is 4. The zero-order valence-electron chi connectivity index (χ0n) is 19.4. The molecule has 0 aromatic heterocycles. The standard InChI is InChI=1S/C17H17.C10H15.2ClH.Zr/c1-10-5-14-9-15-6-11(2)13(4)8-17(15)16(14)7-12(10)3;1-8-5-6-9(7-8)10(2,3)4;;;/h5-9H,1-4H3;6-8H,1-4H3;2*1H;/q;;;;+2/p-2. The van der Waals surface area contributed by atoms with Gasteiger partial charge >= 0.3 is 183 Å². The number of hydrogen-bond acceptors (Lipinski definition) is 0. The van der Waals surface area contributed by atoms with Gasteiger partial charge in [0.25, 0.3) is 0 Å². The van der Waals surface area contributed by atoms with Crippen molar-refractivity contribution in [1.29, 1.82) is 0 Å². The van der Waals surface area contributed by atoms with E-state index < -0.39 is 23.2 Å². The van der Waals surface area contributed by atoms with Gasteiger partial charge in [-0.2, -0.15) is 0 Å². The van der Waals surface area contributed by atoms with E-state index in [2.05, 4.69) is 91.8 Å². The van der Waals surface area contributed by atoms with E-state index in [0.717, 1.165) is 0 Å². The summed E-state index contributed by atoms with van der Waals surface area (Å²) in [6.45, 7) is 18.5. The van der Waals surface area contributed by atoms with Crippen LogP contribution in [0, 0.1) is 39.0 Å². The summed E-state index contributed by atoms with van der Waals surface area (Å²) in [7, 11) is 0. The number of benzene rings is 2. The van der Waals surface area contributed by atoms with Crippen molar-refractivity contribution in [1.82, 2.24) is 0 Å². The SMILES string of the molecule is Cc1cc2c(cc1C)[CH]([Zr+2][C]1=CC(C(C)(C)C)=CC1C)c1cc(C)c(C)cc1-2.[Cl-].[Cl-]. The number of allylic oxidation sites excluding steroid dienone is 4. The minimum absolute atomic E-state index is 0. The molecule has 0 nitrogen and oxygen atoms in total. The summed E-state index contributed by atoms with van der Waals surface area (Å²) in [5.74, 6) is 0.617. The minimum atomic E-state index is -0.788. The Balaban J connectivity index is 0.00000160. The molecule has 1 unspecified atom stereocenters. The first-order valence-corrected chi connectivity index (χ1v) is 13.1. The molecule has 3 heteroatoms. The monoisotopic (exact) mass is 516 g/mol. The van der Waals surface area contributed by atoms with Crippen LogP contribution in [0.1, 0.15) is 64.7 Å². The molecule has 2 aliphatic rings. The van der Waals surface area contributed by atoms with Crippen LogP contribution in [0.4, 0.5) is 0 Å². The molecule has 0 radical (unpaired) electrons. The third-order valence-corrected chi connectivity index (χ3v) is 11.2. The van der Waals surface area contributed by atoms with Crippen molar-refractivity contribution >= 4 is 0 Å². The molecule has 0 bridgehead atoms. The summed E-state index contributed by atoms with van der Waals surface area (Å²) in [5, 5.41) is 0. The van der Waals surface area contributed by atoms with Gasteiger partial charge in [-0.1, -0.05) is 0 Å². The molecule has 0 saturated heterocycles. The molecule has 30 heavy (non-hydrogen) atoms. The van der Waals surface area contributed by atoms with Gasteiger partial charge < -0.3 is 24.8 Å². The van der Waals surface area contributed by atoms with E-state index in [9.17, 15) is 0 Å². The maximum Gasteiger partial charge on any atom is -1.00 e. The third kappa shape index (κ3) is 4.46. The van der Waals surface area contributed by atoms with E-state index in [1.807, 2.05) is 0 Å². The predicted molar refractivity (Wildman–Crippen MR) is 117 cm³/mol. The van der Waals surface area contributed by atoms with Crippen LogP contribution in [0.3, 0.4) is 0 Å². The molecule has 0 aliphatic heterocycles. The Hall–Kier alpha value is -0.617. The average molecular weight is 519 g/mol. The number of halogens is 2. The van der Waals surface area contributed by atoms with Gasteiger partial charge in [-0.05, 0) is 0 Å². The van der Waals surface area contributed by atoms with Crippen molar-refractivity contribution in [3.8, 4) is 11.1 Å². The van der Waals surface area contributed by atoms with Crippen LogP contribution in [-0.2, 0) is 23.2 Å². The molecular weight excluding hydrogens is 486 g/mol. The van der Waals surface area contributed by atoms with Crippen LogP contribution in [0.25, 0.3) is 11.1 Å². The predicted octanol–water partition coefficient (Wildman–Crippen LogP) is 1.59. The van der Waals surface area contributed by atoms with E-state index in [4.69, 9.17) is 0 Å². The molecule has 2 aromatic carbocycles. The first kappa shape index (κ1) is 25.6. The molecular formula is C27H32Cl2Zr. The number of hydrogen-bond donors (Lipinski definition) is 0. The second-order valence-corrected chi connectivity index (χ2v) is 13.4. The van der Waals surface area contributed by atoms with Crippen LogP contribution < -0.4 is 24.8 Å². The molecule has 1 atom stereocenters. The second-order valence-electron chi connectivity index (χ2n) is 9.89. The van der Waals surface area contributed by atoms with E-state index >= 15 is 0 Å². The van der Waals surface area contributed by atoms with E-state index in [1.54, 1.807) is 14.4 Å². The third-order valence-electron chi connectivity index (χ3n) is 6.65. The molecule has 2 aliphatic carbocycles. The fourth-order valence-corrected chi connectivity index (χ4v) is 8.65. The fourth-order valence-electron chi connectivity index (χ4n) is 4.46. The molecule has 0 amide bonds. The van der Waals surface area contributed by atoms with Gasteiger partial charge in [0.2, 0.25) is 0 Å². The van der Waals surface area contributed by atoms with Gasteiger partial charge in [-0.15, -0.1) is 0 Å². The van der Waals surface area contributed by atoms with Gasteiger partial charge in [0.1, 0.15) is 0 Å². The first-order chi connectivity index (χ1) is 13.1. The molecule has 0 spiro atoms. The van der Waals surface area contributed by atoms with Gasteiger partial charge in [-0.3, -0.25) is 0 Å². The van der Waals surface area contributed by atoms with E-state index in [1.165, 1.54) is 39.0 Å². The van der Waals surface area contributed by atoms with E-state index in [-0.39, 0.29) is 30.2 Å². The van der Waals surface area contributed by atoms with Crippen molar-refractivity contribution in [3.63, 3.8) is 0 Å². The Kier molecular flexibility index (Phi) is 7.77. The largest absolute Gasteiger partial charge is 1.00 e. The first-order valence-electron chi connectivity index (χ1n) is 10.5. The summed E-state index contributed by atoms with van der Waals surface area (Å²) in [5.41, 5.74) is 13.7. The van der Waals surface area contributed by atoms with Crippen molar-refractivity contribution in [2.24, 2.45) is 11.3 Å². The van der Waals surface area contributed by atoms with Gasteiger partial charge in [-0.25, -0.2) is 0 Å². The molecule has 2 aromatic rings. The topological polar surface area (TPSA) is 0 Å². The Morgan fingerprint density at radius 2 is 1.17 bits per heavy atom. The Morgan fingerprint density at radius 3 is 1.57 bits per heavy atom. The minimum Gasteiger partial charge on any atom is -1.00 e. The van der Waals surface area contributed by atoms with Crippen LogP contribution in [0.5, 0.6) is 0 Å². The Labute approximate surface area is 207 Å². The number of fused-ring (bicyclic) bond motifs is 3. The second kappa shape index (κ2) is 9.09. The summed E-state index contributed by atoms with van der Waals surface area (Å²) in [6.07, 6.45) is 5.09. The van der Waals surface area contributed by atoms with Gasteiger partial charge in [0.15, 0.2) is 0 Å². The molecule has 0 saturated carbocycles. The molecule has 0 heterocycles. The summed E-state index contributed by atoms with van der Waals surface area (Å²) >= 11 is -0.788. The molecule has 4 rings (SSSR count). The number of rotatable bonds is 2. The Morgan fingerprint density at radius 1 is 0.733 bits per heavy atom. The van der Waals surface area contributed by atoms with E-state index in [0.29, 0.717) is 9.54 Å². The van der Waals surface area contributed by atoms with Crippen LogP contribution in [0.2, 0.25) is 0 Å². The smallest absolute Gasteiger partial charge is 1.00 e. The zero-order chi connectivity index (χ0) is 20.4. The van der Waals surface area contributed by atoms with Crippen molar-refractivity contribution in [3.05, 3.63) is 78.7 Å². The summed E-state index contributed by atoms with van der Waals surface area (Å²) in [6, 6.07) is 9.89.